The van der Waals surface area contributed by atoms with Crippen LogP contribution in [0.25, 0.3) is 0 Å². The second-order valence-electron chi connectivity index (χ2n) is 6.46. The van der Waals surface area contributed by atoms with Gasteiger partial charge in [0.2, 0.25) is 0 Å². The van der Waals surface area contributed by atoms with Gasteiger partial charge in [0.05, 0.1) is 24.0 Å². The molecule has 5 nitrogen and oxygen atoms in total. The molecule has 2 aliphatic rings. The van der Waals surface area contributed by atoms with Crippen LogP contribution in [0.1, 0.15) is 33.6 Å². The number of carbonyl (C=O) groups excluding carboxylic acids is 1. The Kier molecular flexibility index (Phi) is 5.20. The molecule has 20 heavy (non-hydrogen) atoms. The van der Waals surface area contributed by atoms with E-state index >= 15 is 0 Å². The Balaban J connectivity index is 1.77. The van der Waals surface area contributed by atoms with Gasteiger partial charge in [-0.1, -0.05) is 0 Å². The smallest absolute Gasteiger partial charge is 0.410 e. The summed E-state index contributed by atoms with van der Waals surface area (Å²) >= 11 is 1.70. The van der Waals surface area contributed by atoms with Gasteiger partial charge < -0.3 is 19.5 Å². The summed E-state index contributed by atoms with van der Waals surface area (Å²) in [7, 11) is 0. The number of rotatable bonds is 3. The fourth-order valence-electron chi connectivity index (χ4n) is 2.40. The Morgan fingerprint density at radius 3 is 2.80 bits per heavy atom. The van der Waals surface area contributed by atoms with Crippen molar-refractivity contribution in [3.63, 3.8) is 0 Å². The molecule has 2 fully saturated rings. The molecule has 0 bridgehead atoms. The summed E-state index contributed by atoms with van der Waals surface area (Å²) in [4.78, 5) is 13.6. The molecule has 0 aliphatic carbocycles. The topological polar surface area (TPSA) is 59.0 Å². The quantitative estimate of drug-likeness (QED) is 0.862. The van der Waals surface area contributed by atoms with Crippen molar-refractivity contribution >= 4 is 17.9 Å². The van der Waals surface area contributed by atoms with E-state index < -0.39 is 11.7 Å². The molecule has 0 saturated carbocycles. The molecule has 0 aromatic heterocycles. The van der Waals surface area contributed by atoms with Gasteiger partial charge in [0.1, 0.15) is 5.60 Å². The highest BCUT2D eigenvalue weighted by Crippen LogP contribution is 2.27. The lowest BCUT2D eigenvalue weighted by molar-refractivity contribution is 0.0270. The largest absolute Gasteiger partial charge is 0.444 e. The first-order chi connectivity index (χ1) is 9.35. The molecular weight excluding hydrogens is 278 g/mol. The first-order valence-electron chi connectivity index (χ1n) is 7.24. The van der Waals surface area contributed by atoms with Crippen LogP contribution in [0, 0.1) is 0 Å². The maximum atomic E-state index is 12.0. The molecule has 6 heteroatoms. The highest BCUT2D eigenvalue weighted by molar-refractivity contribution is 8.00. The van der Waals surface area contributed by atoms with Crippen LogP contribution in [0.15, 0.2) is 0 Å². The van der Waals surface area contributed by atoms with Crippen LogP contribution in [-0.2, 0) is 9.47 Å². The number of β-amino-alcohol motifs (C(OH)–C–C–N with tert-alkyl or cyclic N) is 1. The molecule has 2 saturated heterocycles. The number of aliphatic hydroxyl groups is 1. The van der Waals surface area contributed by atoms with Crippen molar-refractivity contribution in [2.75, 3.05) is 25.4 Å². The van der Waals surface area contributed by atoms with Gasteiger partial charge in [-0.15, -0.1) is 0 Å². The van der Waals surface area contributed by atoms with E-state index in [1.807, 2.05) is 20.8 Å². The van der Waals surface area contributed by atoms with Crippen LogP contribution >= 0.6 is 11.8 Å². The number of carbonyl (C=O) groups is 1. The summed E-state index contributed by atoms with van der Waals surface area (Å²) in [6.07, 6.45) is 1.72. The SMILES string of the molecule is CC(C)(C)OC(=O)N1C[C@@H](O)[C@H](SCC2CCCO2)C1. The molecule has 1 N–H and O–H groups in total. The summed E-state index contributed by atoms with van der Waals surface area (Å²) in [5.41, 5.74) is -0.495. The Morgan fingerprint density at radius 2 is 2.20 bits per heavy atom. The number of likely N-dealkylation sites (tertiary alicyclic amines) is 1. The molecular formula is C14H25NO4S. The molecule has 2 rings (SSSR count). The van der Waals surface area contributed by atoms with Crippen LogP contribution in [-0.4, -0.2) is 64.6 Å². The monoisotopic (exact) mass is 303 g/mol. The highest BCUT2D eigenvalue weighted by Gasteiger charge is 2.36. The number of hydrogen-bond donors (Lipinski definition) is 1. The van der Waals surface area contributed by atoms with Crippen molar-refractivity contribution < 1.29 is 19.4 Å². The van der Waals surface area contributed by atoms with Gasteiger partial charge in [0.15, 0.2) is 0 Å². The van der Waals surface area contributed by atoms with Crippen LogP contribution in [0.2, 0.25) is 0 Å². The summed E-state index contributed by atoms with van der Waals surface area (Å²) in [5.74, 6) is 0.893. The molecule has 1 amide bonds. The number of thioether (sulfide) groups is 1. The second-order valence-corrected chi connectivity index (χ2v) is 7.73. The minimum Gasteiger partial charge on any atom is -0.444 e. The van der Waals surface area contributed by atoms with Crippen LogP contribution in [0.4, 0.5) is 4.79 Å². The fourth-order valence-corrected chi connectivity index (χ4v) is 3.72. The van der Waals surface area contributed by atoms with Gasteiger partial charge in [-0.25, -0.2) is 4.79 Å². The van der Waals surface area contributed by atoms with E-state index in [0.717, 1.165) is 25.2 Å². The Hall–Kier alpha value is -0.460. The Morgan fingerprint density at radius 1 is 1.45 bits per heavy atom. The molecule has 0 spiro atoms. The van der Waals surface area contributed by atoms with E-state index in [-0.39, 0.29) is 11.3 Å². The first-order valence-corrected chi connectivity index (χ1v) is 8.29. The third-order valence-electron chi connectivity index (χ3n) is 3.41. The molecule has 2 heterocycles. The molecule has 1 unspecified atom stereocenters. The van der Waals surface area contributed by atoms with E-state index in [2.05, 4.69) is 0 Å². The van der Waals surface area contributed by atoms with Crippen molar-refractivity contribution in [2.45, 2.75) is 56.7 Å². The average Bonchev–Trinajstić information content (AvgIpc) is 2.93. The molecule has 2 aliphatic heterocycles. The van der Waals surface area contributed by atoms with Gasteiger partial charge in [-0.3, -0.25) is 0 Å². The van der Waals surface area contributed by atoms with Crippen molar-refractivity contribution in [1.29, 1.82) is 0 Å². The predicted molar refractivity (Wildman–Crippen MR) is 79.0 cm³/mol. The van der Waals surface area contributed by atoms with Crippen LogP contribution < -0.4 is 0 Å². The van der Waals surface area contributed by atoms with Gasteiger partial charge in [0.25, 0.3) is 0 Å². The zero-order valence-corrected chi connectivity index (χ0v) is 13.3. The second kappa shape index (κ2) is 6.54. The minimum absolute atomic E-state index is 0.0618. The maximum absolute atomic E-state index is 12.0. The zero-order valence-electron chi connectivity index (χ0n) is 12.5. The van der Waals surface area contributed by atoms with Crippen molar-refractivity contribution in [3.8, 4) is 0 Å². The number of amides is 1. The lowest BCUT2D eigenvalue weighted by Crippen LogP contribution is -2.36. The molecule has 116 valence electrons. The summed E-state index contributed by atoms with van der Waals surface area (Å²) in [5, 5.41) is 10.1. The van der Waals surface area contributed by atoms with Gasteiger partial charge in [-0.05, 0) is 33.6 Å². The van der Waals surface area contributed by atoms with Gasteiger partial charge in [0, 0.05) is 18.9 Å². The highest BCUT2D eigenvalue weighted by atomic mass is 32.2. The molecule has 3 atom stereocenters. The third-order valence-corrected chi connectivity index (χ3v) is 4.86. The summed E-state index contributed by atoms with van der Waals surface area (Å²) < 4.78 is 10.9. The lowest BCUT2D eigenvalue weighted by atomic mass is 10.2. The predicted octanol–water partition coefficient (Wildman–Crippen LogP) is 1.88. The van der Waals surface area contributed by atoms with Crippen molar-refractivity contribution in [3.05, 3.63) is 0 Å². The van der Waals surface area contributed by atoms with Gasteiger partial charge >= 0.3 is 6.09 Å². The molecule has 0 radical (unpaired) electrons. The molecule has 0 aromatic rings. The van der Waals surface area contributed by atoms with Crippen LogP contribution in [0.5, 0.6) is 0 Å². The number of ether oxygens (including phenoxy) is 2. The first kappa shape index (κ1) is 15.9. The Labute approximate surface area is 125 Å². The van der Waals surface area contributed by atoms with Crippen molar-refractivity contribution in [1.82, 2.24) is 4.90 Å². The number of hydrogen-bond acceptors (Lipinski definition) is 5. The third kappa shape index (κ3) is 4.53. The van der Waals surface area contributed by atoms with Gasteiger partial charge in [-0.2, -0.15) is 11.8 Å². The number of aliphatic hydroxyl groups excluding tert-OH is 1. The zero-order chi connectivity index (χ0) is 14.8. The van der Waals surface area contributed by atoms with Crippen molar-refractivity contribution in [2.24, 2.45) is 0 Å². The lowest BCUT2D eigenvalue weighted by Gasteiger charge is -2.24. The number of nitrogens with zero attached hydrogens (tertiary/aromatic N) is 1. The summed E-state index contributed by atoms with van der Waals surface area (Å²) in [6.45, 7) is 7.30. The standard InChI is InChI=1S/C14H25NO4S/c1-14(2,3)19-13(17)15-7-11(16)12(8-15)20-9-10-5-4-6-18-10/h10-12,16H,4-9H2,1-3H3/t10?,11-,12-/m1/s1. The molecule has 0 aromatic carbocycles. The van der Waals surface area contributed by atoms with E-state index in [1.165, 1.54) is 0 Å². The van der Waals surface area contributed by atoms with E-state index in [4.69, 9.17) is 9.47 Å². The van der Waals surface area contributed by atoms with E-state index in [1.54, 1.807) is 16.7 Å². The summed E-state index contributed by atoms with van der Waals surface area (Å²) in [6, 6.07) is 0. The van der Waals surface area contributed by atoms with E-state index in [9.17, 15) is 9.90 Å². The normalized spacial score (nSPS) is 30.8. The fraction of sp³-hybridized carbons (Fsp3) is 0.929. The van der Waals surface area contributed by atoms with Crippen LogP contribution in [0.3, 0.4) is 0 Å². The Bertz CT molecular complexity index is 339. The average molecular weight is 303 g/mol. The minimum atomic E-state index is -0.495. The van der Waals surface area contributed by atoms with E-state index in [0.29, 0.717) is 19.2 Å². The maximum Gasteiger partial charge on any atom is 0.410 e.